The maximum Gasteiger partial charge on any atom is 0.106 e. The molecule has 0 atom stereocenters. The zero-order chi connectivity index (χ0) is 14.3. The van der Waals surface area contributed by atoms with Crippen LogP contribution < -0.4 is 4.90 Å². The Morgan fingerprint density at radius 1 is 0.952 bits per heavy atom. The standard InChI is InChI=1S/C18H19BrN2/c19-17-6-5-16(13-20-17)21-9-7-18(8-10-21)11-14-3-1-2-4-15(14)12-18/h1-6,13H,7-12H2. The fourth-order valence-corrected chi connectivity index (χ4v) is 4.16. The number of aromatic nitrogens is 1. The predicted molar refractivity (Wildman–Crippen MR) is 89.7 cm³/mol. The van der Waals surface area contributed by atoms with Crippen LogP contribution >= 0.6 is 15.9 Å². The Morgan fingerprint density at radius 2 is 1.62 bits per heavy atom. The summed E-state index contributed by atoms with van der Waals surface area (Å²) < 4.78 is 0.908. The molecular formula is C18H19BrN2. The molecule has 1 aliphatic carbocycles. The molecule has 1 aromatic carbocycles. The van der Waals surface area contributed by atoms with E-state index in [9.17, 15) is 0 Å². The molecule has 2 aliphatic rings. The van der Waals surface area contributed by atoms with Gasteiger partial charge in [-0.15, -0.1) is 0 Å². The van der Waals surface area contributed by atoms with E-state index in [2.05, 4.69) is 56.1 Å². The fourth-order valence-electron chi connectivity index (χ4n) is 3.92. The fraction of sp³-hybridized carbons (Fsp3) is 0.389. The summed E-state index contributed by atoms with van der Waals surface area (Å²) in [6, 6.07) is 13.2. The lowest BCUT2D eigenvalue weighted by molar-refractivity contribution is 0.233. The van der Waals surface area contributed by atoms with Gasteiger partial charge in [-0.05, 0) is 70.3 Å². The van der Waals surface area contributed by atoms with Crippen LogP contribution in [0, 0.1) is 5.41 Å². The van der Waals surface area contributed by atoms with E-state index in [0.29, 0.717) is 5.41 Å². The molecule has 3 heteroatoms. The molecule has 1 saturated heterocycles. The van der Waals surface area contributed by atoms with Crippen LogP contribution in [0.1, 0.15) is 24.0 Å². The van der Waals surface area contributed by atoms with Crippen molar-refractivity contribution in [3.05, 3.63) is 58.3 Å². The Labute approximate surface area is 134 Å². The summed E-state index contributed by atoms with van der Waals surface area (Å²) >= 11 is 3.41. The van der Waals surface area contributed by atoms with Gasteiger partial charge in [-0.3, -0.25) is 0 Å². The topological polar surface area (TPSA) is 16.1 Å². The highest BCUT2D eigenvalue weighted by molar-refractivity contribution is 9.10. The van der Waals surface area contributed by atoms with Crippen molar-refractivity contribution in [1.29, 1.82) is 0 Å². The van der Waals surface area contributed by atoms with Crippen LogP contribution in [0.3, 0.4) is 0 Å². The molecule has 108 valence electrons. The highest BCUT2D eigenvalue weighted by Crippen LogP contribution is 2.45. The molecule has 21 heavy (non-hydrogen) atoms. The molecule has 1 fully saturated rings. The van der Waals surface area contributed by atoms with Gasteiger partial charge in [0.25, 0.3) is 0 Å². The van der Waals surface area contributed by atoms with Crippen LogP contribution in [-0.2, 0) is 12.8 Å². The number of benzene rings is 1. The number of hydrogen-bond donors (Lipinski definition) is 0. The summed E-state index contributed by atoms with van der Waals surface area (Å²) in [6.07, 6.45) is 7.10. The SMILES string of the molecule is Brc1ccc(N2CCC3(CC2)Cc2ccccc2C3)cn1. The number of nitrogens with zero attached hydrogens (tertiary/aromatic N) is 2. The smallest absolute Gasteiger partial charge is 0.106 e. The van der Waals surface area contributed by atoms with Crippen molar-refractivity contribution in [3.63, 3.8) is 0 Å². The second-order valence-corrected chi connectivity index (χ2v) is 7.26. The van der Waals surface area contributed by atoms with Gasteiger partial charge in [-0.1, -0.05) is 24.3 Å². The van der Waals surface area contributed by atoms with Crippen LogP contribution in [0.5, 0.6) is 0 Å². The van der Waals surface area contributed by atoms with Crippen LogP contribution in [0.25, 0.3) is 0 Å². The number of pyridine rings is 1. The lowest BCUT2D eigenvalue weighted by atomic mass is 9.76. The molecule has 2 heterocycles. The first kappa shape index (κ1) is 13.3. The molecule has 0 saturated carbocycles. The lowest BCUT2D eigenvalue weighted by Gasteiger charge is -2.40. The minimum absolute atomic E-state index is 0.517. The second-order valence-electron chi connectivity index (χ2n) is 6.45. The van der Waals surface area contributed by atoms with E-state index in [1.54, 1.807) is 11.1 Å². The van der Waals surface area contributed by atoms with Crippen molar-refractivity contribution >= 4 is 21.6 Å². The zero-order valence-electron chi connectivity index (χ0n) is 12.1. The van der Waals surface area contributed by atoms with E-state index < -0.39 is 0 Å². The Kier molecular flexibility index (Phi) is 3.26. The quantitative estimate of drug-likeness (QED) is 0.721. The molecule has 0 unspecified atom stereocenters. The van der Waals surface area contributed by atoms with Crippen molar-refractivity contribution < 1.29 is 0 Å². The highest BCUT2D eigenvalue weighted by atomic mass is 79.9. The molecule has 4 rings (SSSR count). The van der Waals surface area contributed by atoms with Gasteiger partial charge in [0.1, 0.15) is 4.60 Å². The van der Waals surface area contributed by atoms with Crippen LogP contribution in [-0.4, -0.2) is 18.1 Å². The number of halogens is 1. The van der Waals surface area contributed by atoms with E-state index in [1.165, 1.54) is 31.4 Å². The number of fused-ring (bicyclic) bond motifs is 1. The third kappa shape index (κ3) is 2.48. The van der Waals surface area contributed by atoms with Crippen LogP contribution in [0.15, 0.2) is 47.2 Å². The first-order chi connectivity index (χ1) is 10.2. The Bertz CT molecular complexity index is 616. The van der Waals surface area contributed by atoms with Gasteiger partial charge in [0, 0.05) is 13.1 Å². The summed E-state index contributed by atoms with van der Waals surface area (Å²) in [4.78, 5) is 6.83. The number of hydrogen-bond acceptors (Lipinski definition) is 2. The Hall–Kier alpha value is -1.35. The zero-order valence-corrected chi connectivity index (χ0v) is 13.6. The van der Waals surface area contributed by atoms with E-state index in [1.807, 2.05) is 12.3 Å². The molecule has 0 N–H and O–H groups in total. The first-order valence-electron chi connectivity index (χ1n) is 7.67. The van der Waals surface area contributed by atoms with E-state index in [0.717, 1.165) is 17.7 Å². The van der Waals surface area contributed by atoms with E-state index >= 15 is 0 Å². The monoisotopic (exact) mass is 342 g/mol. The van der Waals surface area contributed by atoms with E-state index in [4.69, 9.17) is 0 Å². The summed E-state index contributed by atoms with van der Waals surface area (Å²) in [5, 5.41) is 0. The third-order valence-corrected chi connectivity index (χ3v) is 5.62. The summed E-state index contributed by atoms with van der Waals surface area (Å²) in [6.45, 7) is 2.30. The van der Waals surface area contributed by atoms with Gasteiger partial charge in [-0.2, -0.15) is 0 Å². The van der Waals surface area contributed by atoms with Gasteiger partial charge in [0.05, 0.1) is 11.9 Å². The second kappa shape index (κ2) is 5.13. The maximum absolute atomic E-state index is 4.35. The average Bonchev–Trinajstić information content (AvgIpc) is 2.87. The minimum atomic E-state index is 0.517. The van der Waals surface area contributed by atoms with Crippen molar-refractivity contribution in [2.24, 2.45) is 5.41 Å². The molecular weight excluding hydrogens is 324 g/mol. The maximum atomic E-state index is 4.35. The molecule has 2 aromatic rings. The van der Waals surface area contributed by atoms with Gasteiger partial charge in [0.2, 0.25) is 0 Å². The minimum Gasteiger partial charge on any atom is -0.370 e. The molecule has 1 aromatic heterocycles. The Balaban J connectivity index is 1.47. The number of anilines is 1. The van der Waals surface area contributed by atoms with Crippen LogP contribution in [0.4, 0.5) is 5.69 Å². The summed E-state index contributed by atoms with van der Waals surface area (Å²) in [7, 11) is 0. The van der Waals surface area contributed by atoms with Crippen molar-refractivity contribution in [3.8, 4) is 0 Å². The molecule has 1 spiro atoms. The third-order valence-electron chi connectivity index (χ3n) is 5.15. The Morgan fingerprint density at radius 3 is 2.19 bits per heavy atom. The molecule has 1 aliphatic heterocycles. The first-order valence-corrected chi connectivity index (χ1v) is 8.47. The average molecular weight is 343 g/mol. The number of piperidine rings is 1. The van der Waals surface area contributed by atoms with Gasteiger partial charge in [-0.25, -0.2) is 4.98 Å². The predicted octanol–water partition coefficient (Wildman–Crippen LogP) is 4.23. The summed E-state index contributed by atoms with van der Waals surface area (Å²) in [5.41, 5.74) is 4.93. The van der Waals surface area contributed by atoms with Crippen molar-refractivity contribution in [1.82, 2.24) is 4.98 Å². The lowest BCUT2D eigenvalue weighted by Crippen LogP contribution is -2.40. The summed E-state index contributed by atoms with van der Waals surface area (Å²) in [5.74, 6) is 0. The largest absolute Gasteiger partial charge is 0.370 e. The normalized spacial score (nSPS) is 19.8. The van der Waals surface area contributed by atoms with Crippen molar-refractivity contribution in [2.75, 3.05) is 18.0 Å². The molecule has 0 radical (unpaired) electrons. The van der Waals surface area contributed by atoms with E-state index in [-0.39, 0.29) is 0 Å². The van der Waals surface area contributed by atoms with Gasteiger partial charge < -0.3 is 4.90 Å². The highest BCUT2D eigenvalue weighted by Gasteiger charge is 2.39. The van der Waals surface area contributed by atoms with Gasteiger partial charge in [0.15, 0.2) is 0 Å². The molecule has 2 nitrogen and oxygen atoms in total. The molecule has 0 amide bonds. The number of rotatable bonds is 1. The van der Waals surface area contributed by atoms with Gasteiger partial charge >= 0.3 is 0 Å². The molecule has 0 bridgehead atoms. The van der Waals surface area contributed by atoms with Crippen LogP contribution in [0.2, 0.25) is 0 Å². The van der Waals surface area contributed by atoms with Crippen molar-refractivity contribution in [2.45, 2.75) is 25.7 Å².